The second kappa shape index (κ2) is 7.18. The largest absolute Gasteiger partial charge is 0.354 e. The van der Waals surface area contributed by atoms with Crippen LogP contribution in [0.1, 0.15) is 37.7 Å². The van der Waals surface area contributed by atoms with Crippen LogP contribution in [0.25, 0.3) is 0 Å². The zero-order valence-corrected chi connectivity index (χ0v) is 13.9. The maximum atomic E-state index is 13.0. The number of benzene rings is 1. The van der Waals surface area contributed by atoms with Crippen LogP contribution in [0.15, 0.2) is 43.0 Å². The highest BCUT2D eigenvalue weighted by Crippen LogP contribution is 2.40. The molecule has 0 atom stereocenters. The van der Waals surface area contributed by atoms with Gasteiger partial charge in [-0.05, 0) is 30.5 Å². The lowest BCUT2D eigenvalue weighted by Crippen LogP contribution is -2.46. The van der Waals surface area contributed by atoms with E-state index in [1.54, 1.807) is 12.5 Å². The average molecular weight is 332 g/mol. The normalized spacial score (nSPS) is 16.9. The van der Waals surface area contributed by atoms with Crippen molar-refractivity contribution >= 4 is 17.5 Å². The molecule has 2 aromatic rings. The van der Waals surface area contributed by atoms with Crippen molar-refractivity contribution in [3.63, 3.8) is 0 Å². The van der Waals surface area contributed by atoms with E-state index in [0.29, 0.717) is 11.6 Å². The Bertz CT molecular complexity index is 631. The molecule has 1 amide bonds. The van der Waals surface area contributed by atoms with E-state index in [1.165, 1.54) is 6.42 Å². The highest BCUT2D eigenvalue weighted by Gasteiger charge is 2.40. The van der Waals surface area contributed by atoms with Crippen molar-refractivity contribution in [2.45, 2.75) is 44.1 Å². The molecule has 1 aliphatic rings. The minimum atomic E-state index is -0.405. The van der Waals surface area contributed by atoms with Crippen molar-refractivity contribution < 1.29 is 4.79 Å². The molecule has 0 bridgehead atoms. The van der Waals surface area contributed by atoms with Gasteiger partial charge in [0, 0.05) is 30.5 Å². The fraction of sp³-hybridized carbons (Fsp3) is 0.444. The summed E-state index contributed by atoms with van der Waals surface area (Å²) >= 11 is 6.01. The maximum Gasteiger partial charge on any atom is 0.230 e. The number of amides is 1. The number of rotatable bonds is 5. The first-order valence-corrected chi connectivity index (χ1v) is 8.59. The number of hydrogen-bond acceptors (Lipinski definition) is 2. The van der Waals surface area contributed by atoms with Gasteiger partial charge in [0.1, 0.15) is 0 Å². The second-order valence-electron chi connectivity index (χ2n) is 6.21. The Hall–Kier alpha value is -1.81. The first-order chi connectivity index (χ1) is 11.2. The SMILES string of the molecule is O=C(NCCn1ccnc1)C1(c2ccc(Cl)cc2)CCCCC1. The van der Waals surface area contributed by atoms with Gasteiger partial charge in [-0.15, -0.1) is 0 Å². The summed E-state index contributed by atoms with van der Waals surface area (Å²) in [4.78, 5) is 17.0. The fourth-order valence-corrected chi connectivity index (χ4v) is 3.58. The molecular formula is C18H22ClN3O. The van der Waals surface area contributed by atoms with Crippen LogP contribution < -0.4 is 5.32 Å². The first kappa shape index (κ1) is 16.1. The molecule has 0 radical (unpaired) electrons. The van der Waals surface area contributed by atoms with Gasteiger partial charge in [0.05, 0.1) is 11.7 Å². The molecule has 4 nitrogen and oxygen atoms in total. The molecule has 122 valence electrons. The summed E-state index contributed by atoms with van der Waals surface area (Å²) in [6.45, 7) is 1.35. The molecule has 1 aromatic carbocycles. The number of hydrogen-bond donors (Lipinski definition) is 1. The van der Waals surface area contributed by atoms with Crippen LogP contribution in [0.3, 0.4) is 0 Å². The summed E-state index contributed by atoms with van der Waals surface area (Å²) in [6.07, 6.45) is 10.6. The van der Waals surface area contributed by atoms with Crippen molar-refractivity contribution in [1.82, 2.24) is 14.9 Å². The molecular weight excluding hydrogens is 310 g/mol. The lowest BCUT2D eigenvalue weighted by Gasteiger charge is -2.36. The van der Waals surface area contributed by atoms with Gasteiger partial charge >= 0.3 is 0 Å². The molecule has 1 aliphatic carbocycles. The van der Waals surface area contributed by atoms with Crippen LogP contribution in [0.2, 0.25) is 5.02 Å². The summed E-state index contributed by atoms with van der Waals surface area (Å²) in [5.74, 6) is 0.139. The number of imidazole rings is 1. The Balaban J connectivity index is 1.72. The molecule has 5 heteroatoms. The quantitative estimate of drug-likeness (QED) is 0.910. The summed E-state index contributed by atoms with van der Waals surface area (Å²) < 4.78 is 1.97. The van der Waals surface area contributed by atoms with E-state index in [0.717, 1.165) is 37.8 Å². The second-order valence-corrected chi connectivity index (χ2v) is 6.64. The van der Waals surface area contributed by atoms with Crippen molar-refractivity contribution in [3.8, 4) is 0 Å². The van der Waals surface area contributed by atoms with Gasteiger partial charge in [-0.1, -0.05) is 43.0 Å². The summed E-state index contributed by atoms with van der Waals surface area (Å²) in [5.41, 5.74) is 0.680. The molecule has 0 saturated heterocycles. The van der Waals surface area contributed by atoms with Crippen LogP contribution in [0.5, 0.6) is 0 Å². The standard InChI is InChI=1S/C18H22ClN3O/c19-16-6-4-15(5-7-16)18(8-2-1-3-9-18)17(23)21-11-13-22-12-10-20-14-22/h4-7,10,12,14H,1-3,8-9,11,13H2,(H,21,23). The van der Waals surface area contributed by atoms with Crippen LogP contribution >= 0.6 is 11.6 Å². The molecule has 1 heterocycles. The third-order valence-electron chi connectivity index (χ3n) is 4.75. The van der Waals surface area contributed by atoms with Crippen molar-refractivity contribution in [1.29, 1.82) is 0 Å². The molecule has 1 fully saturated rings. The molecule has 23 heavy (non-hydrogen) atoms. The van der Waals surface area contributed by atoms with Gasteiger partial charge in [0.2, 0.25) is 5.91 Å². The van der Waals surface area contributed by atoms with Crippen LogP contribution in [-0.4, -0.2) is 22.0 Å². The highest BCUT2D eigenvalue weighted by atomic mass is 35.5. The zero-order valence-electron chi connectivity index (χ0n) is 13.2. The predicted octanol–water partition coefficient (Wildman–Crippen LogP) is 3.55. The van der Waals surface area contributed by atoms with Gasteiger partial charge in [0.15, 0.2) is 0 Å². The monoisotopic (exact) mass is 331 g/mol. The predicted molar refractivity (Wildman–Crippen MR) is 91.5 cm³/mol. The number of nitrogens with zero attached hydrogens (tertiary/aromatic N) is 2. The molecule has 0 aliphatic heterocycles. The first-order valence-electron chi connectivity index (χ1n) is 8.21. The number of carbonyl (C=O) groups is 1. The van der Waals surface area contributed by atoms with Gasteiger partial charge < -0.3 is 9.88 Å². The van der Waals surface area contributed by atoms with Gasteiger partial charge in [-0.25, -0.2) is 4.98 Å². The number of halogens is 1. The molecule has 1 saturated carbocycles. The van der Waals surface area contributed by atoms with Gasteiger partial charge in [-0.2, -0.15) is 0 Å². The third-order valence-corrected chi connectivity index (χ3v) is 5.01. The Kier molecular flexibility index (Phi) is 5.01. The molecule has 0 unspecified atom stereocenters. The number of nitrogens with one attached hydrogen (secondary N) is 1. The van der Waals surface area contributed by atoms with Crippen LogP contribution in [-0.2, 0) is 16.8 Å². The molecule has 0 spiro atoms. The summed E-state index contributed by atoms with van der Waals surface area (Å²) in [5, 5.41) is 3.83. The van der Waals surface area contributed by atoms with E-state index in [4.69, 9.17) is 11.6 Å². The lowest BCUT2D eigenvalue weighted by atomic mass is 9.68. The average Bonchev–Trinajstić information content (AvgIpc) is 3.09. The lowest BCUT2D eigenvalue weighted by molar-refractivity contribution is -0.128. The van der Waals surface area contributed by atoms with Crippen LogP contribution in [0.4, 0.5) is 0 Å². The Morgan fingerprint density at radius 1 is 1.22 bits per heavy atom. The van der Waals surface area contributed by atoms with Crippen molar-refractivity contribution in [2.75, 3.05) is 6.54 Å². The highest BCUT2D eigenvalue weighted by molar-refractivity contribution is 6.30. The van der Waals surface area contributed by atoms with Gasteiger partial charge in [-0.3, -0.25) is 4.79 Å². The zero-order chi connectivity index (χ0) is 16.1. The Morgan fingerprint density at radius 3 is 2.61 bits per heavy atom. The van der Waals surface area contributed by atoms with Crippen molar-refractivity contribution in [3.05, 3.63) is 53.6 Å². The smallest absolute Gasteiger partial charge is 0.230 e. The fourth-order valence-electron chi connectivity index (χ4n) is 3.46. The third kappa shape index (κ3) is 3.58. The minimum Gasteiger partial charge on any atom is -0.354 e. The van der Waals surface area contributed by atoms with E-state index in [9.17, 15) is 4.79 Å². The Morgan fingerprint density at radius 2 is 1.96 bits per heavy atom. The van der Waals surface area contributed by atoms with E-state index < -0.39 is 5.41 Å². The van der Waals surface area contributed by atoms with E-state index in [1.807, 2.05) is 35.0 Å². The summed E-state index contributed by atoms with van der Waals surface area (Å²) in [7, 11) is 0. The Labute approximate surface area is 141 Å². The maximum absolute atomic E-state index is 13.0. The van der Waals surface area contributed by atoms with Gasteiger partial charge in [0.25, 0.3) is 0 Å². The minimum absolute atomic E-state index is 0.139. The molecule has 1 N–H and O–H groups in total. The number of carbonyl (C=O) groups excluding carboxylic acids is 1. The molecule has 1 aromatic heterocycles. The number of aromatic nitrogens is 2. The van der Waals surface area contributed by atoms with Crippen LogP contribution in [0, 0.1) is 0 Å². The topological polar surface area (TPSA) is 46.9 Å². The van der Waals surface area contributed by atoms with E-state index in [2.05, 4.69) is 10.3 Å². The van der Waals surface area contributed by atoms with E-state index >= 15 is 0 Å². The summed E-state index contributed by atoms with van der Waals surface area (Å²) in [6, 6.07) is 7.77. The van der Waals surface area contributed by atoms with Crippen molar-refractivity contribution in [2.24, 2.45) is 0 Å². The molecule has 3 rings (SSSR count). The van der Waals surface area contributed by atoms with E-state index in [-0.39, 0.29) is 5.91 Å².